The van der Waals surface area contributed by atoms with Crippen LogP contribution >= 0.6 is 0 Å². The number of rotatable bonds is 12. The number of carbonyl (C=O) groups is 1. The van der Waals surface area contributed by atoms with E-state index in [9.17, 15) is 9.90 Å². The quantitative estimate of drug-likeness (QED) is 0.113. The van der Waals surface area contributed by atoms with E-state index in [0.29, 0.717) is 48.0 Å². The van der Waals surface area contributed by atoms with E-state index in [1.54, 1.807) is 25.3 Å². The molecule has 4 aromatic carbocycles. The van der Waals surface area contributed by atoms with E-state index in [-0.39, 0.29) is 17.1 Å². The molecule has 5 nitrogen and oxygen atoms in total. The molecule has 0 atom stereocenters. The van der Waals surface area contributed by atoms with Crippen LogP contribution in [0.1, 0.15) is 46.5 Å². The molecule has 0 amide bonds. The van der Waals surface area contributed by atoms with Crippen LogP contribution in [0.25, 0.3) is 6.08 Å². The minimum Gasteiger partial charge on any atom is -0.507 e. The smallest absolute Gasteiger partial charge is 0.189 e. The fourth-order valence-corrected chi connectivity index (χ4v) is 4.11. The van der Waals surface area contributed by atoms with E-state index in [1.807, 2.05) is 98.8 Å². The van der Waals surface area contributed by atoms with Crippen molar-refractivity contribution in [3.8, 4) is 23.0 Å². The summed E-state index contributed by atoms with van der Waals surface area (Å²) in [6.07, 6.45) is 5.59. The Bertz CT molecular complexity index is 1480. The molecule has 0 aromatic heterocycles. The number of phenols is 1. The molecule has 0 spiro atoms. The molecule has 0 saturated carbocycles. The predicted molar refractivity (Wildman–Crippen MR) is 159 cm³/mol. The summed E-state index contributed by atoms with van der Waals surface area (Å²) in [5, 5.41) is 10.9. The first kappa shape index (κ1) is 28.2. The van der Waals surface area contributed by atoms with E-state index < -0.39 is 0 Å². The molecular weight excluding hydrogens is 500 g/mol. The van der Waals surface area contributed by atoms with Gasteiger partial charge in [-0.25, -0.2) is 0 Å². The van der Waals surface area contributed by atoms with Crippen molar-refractivity contribution in [3.05, 3.63) is 137 Å². The Kier molecular flexibility index (Phi) is 9.78. The standard InChI is InChI=1S/C35H34O5/c1-25(2)14-18-31-33(38-3)21-19-30(35(31)37)32(36)20-16-28-15-17-29(39-23-26-10-6-4-7-11-26)22-34(28)40-24-27-12-8-5-9-13-27/h4-17,19-22,37H,18,23-24H2,1-3H3/b20-16+. The van der Waals surface area contributed by atoms with E-state index in [2.05, 4.69) is 0 Å². The van der Waals surface area contributed by atoms with Crippen LogP contribution in [-0.2, 0) is 19.6 Å². The molecule has 5 heteroatoms. The Balaban J connectivity index is 1.58. The summed E-state index contributed by atoms with van der Waals surface area (Å²) in [5.41, 5.74) is 4.70. The molecule has 0 unspecified atom stereocenters. The lowest BCUT2D eigenvalue weighted by Crippen LogP contribution is -2.01. The Hall–Kier alpha value is -4.77. The second-order valence-electron chi connectivity index (χ2n) is 9.57. The number of methoxy groups -OCH3 is 1. The molecule has 0 fully saturated rings. The lowest BCUT2D eigenvalue weighted by Gasteiger charge is -2.13. The monoisotopic (exact) mass is 534 g/mol. The first-order valence-corrected chi connectivity index (χ1v) is 13.2. The fourth-order valence-electron chi connectivity index (χ4n) is 4.11. The molecule has 0 bridgehead atoms. The molecule has 40 heavy (non-hydrogen) atoms. The van der Waals surface area contributed by atoms with Crippen molar-refractivity contribution < 1.29 is 24.1 Å². The van der Waals surface area contributed by atoms with Gasteiger partial charge in [0.2, 0.25) is 0 Å². The lowest BCUT2D eigenvalue weighted by molar-refractivity contribution is 0.104. The van der Waals surface area contributed by atoms with E-state index >= 15 is 0 Å². The molecular formula is C35H34O5. The van der Waals surface area contributed by atoms with Gasteiger partial charge in [0.05, 0.1) is 12.7 Å². The van der Waals surface area contributed by atoms with Gasteiger partial charge in [0.1, 0.15) is 36.2 Å². The van der Waals surface area contributed by atoms with Crippen LogP contribution in [0.4, 0.5) is 0 Å². The lowest BCUT2D eigenvalue weighted by atomic mass is 10.00. The van der Waals surface area contributed by atoms with E-state index in [1.165, 1.54) is 6.08 Å². The van der Waals surface area contributed by atoms with Gasteiger partial charge in [0.15, 0.2) is 5.78 Å². The van der Waals surface area contributed by atoms with Crippen LogP contribution in [0.5, 0.6) is 23.0 Å². The maximum atomic E-state index is 13.2. The highest BCUT2D eigenvalue weighted by Crippen LogP contribution is 2.33. The first-order valence-electron chi connectivity index (χ1n) is 13.2. The Labute approximate surface area is 236 Å². The van der Waals surface area contributed by atoms with Gasteiger partial charge in [-0.3, -0.25) is 4.79 Å². The Morgan fingerprint density at radius 1 is 0.800 bits per heavy atom. The maximum absolute atomic E-state index is 13.2. The van der Waals surface area contributed by atoms with Gasteiger partial charge in [-0.15, -0.1) is 0 Å². The average molecular weight is 535 g/mol. The normalized spacial score (nSPS) is 10.8. The van der Waals surface area contributed by atoms with Crippen LogP contribution in [-0.4, -0.2) is 18.0 Å². The van der Waals surface area contributed by atoms with Crippen LogP contribution in [0.3, 0.4) is 0 Å². The highest BCUT2D eigenvalue weighted by atomic mass is 16.5. The van der Waals surface area contributed by atoms with Crippen molar-refractivity contribution in [2.45, 2.75) is 33.5 Å². The molecule has 4 aromatic rings. The molecule has 0 heterocycles. The van der Waals surface area contributed by atoms with E-state index in [0.717, 1.165) is 16.7 Å². The second-order valence-corrected chi connectivity index (χ2v) is 9.57. The SMILES string of the molecule is COc1ccc(C(=O)/C=C/c2ccc(OCc3ccccc3)cc2OCc2ccccc2)c(O)c1CC=C(C)C. The fraction of sp³-hybridized carbons (Fsp3) is 0.171. The van der Waals surface area contributed by atoms with Crippen molar-refractivity contribution in [2.75, 3.05) is 7.11 Å². The van der Waals surface area contributed by atoms with Gasteiger partial charge in [-0.2, -0.15) is 0 Å². The first-order chi connectivity index (χ1) is 19.4. The largest absolute Gasteiger partial charge is 0.507 e. The molecule has 0 saturated heterocycles. The van der Waals surface area contributed by atoms with Gasteiger partial charge in [-0.05, 0) is 67.8 Å². The van der Waals surface area contributed by atoms with Crippen LogP contribution in [0, 0.1) is 0 Å². The number of hydrogen-bond donors (Lipinski definition) is 1. The number of hydrogen-bond acceptors (Lipinski definition) is 5. The Morgan fingerprint density at radius 2 is 1.45 bits per heavy atom. The van der Waals surface area contributed by atoms with Crippen LogP contribution < -0.4 is 14.2 Å². The average Bonchev–Trinajstić information content (AvgIpc) is 2.98. The van der Waals surface area contributed by atoms with Gasteiger partial charge in [-0.1, -0.05) is 72.3 Å². The molecule has 1 N–H and O–H groups in total. The van der Waals surface area contributed by atoms with Crippen molar-refractivity contribution in [2.24, 2.45) is 0 Å². The van der Waals surface area contributed by atoms with Crippen LogP contribution in [0.15, 0.2) is 109 Å². The highest BCUT2D eigenvalue weighted by Gasteiger charge is 2.17. The molecule has 0 aliphatic carbocycles. The summed E-state index contributed by atoms with van der Waals surface area (Å²) >= 11 is 0. The summed E-state index contributed by atoms with van der Waals surface area (Å²) in [6.45, 7) is 4.76. The highest BCUT2D eigenvalue weighted by molar-refractivity contribution is 6.09. The third kappa shape index (κ3) is 7.64. The summed E-state index contributed by atoms with van der Waals surface area (Å²) < 4.78 is 17.6. The van der Waals surface area contributed by atoms with Gasteiger partial charge < -0.3 is 19.3 Å². The zero-order chi connectivity index (χ0) is 28.3. The molecule has 0 aliphatic heterocycles. The van der Waals surface area contributed by atoms with Crippen molar-refractivity contribution in [1.29, 1.82) is 0 Å². The van der Waals surface area contributed by atoms with Crippen molar-refractivity contribution in [3.63, 3.8) is 0 Å². The van der Waals surface area contributed by atoms with Gasteiger partial charge in [0, 0.05) is 17.2 Å². The summed E-state index contributed by atoms with van der Waals surface area (Å²) in [4.78, 5) is 13.2. The number of allylic oxidation sites excluding steroid dienone is 3. The van der Waals surface area contributed by atoms with Crippen molar-refractivity contribution >= 4 is 11.9 Å². The predicted octanol–water partition coefficient (Wildman–Crippen LogP) is 7.96. The molecule has 4 rings (SSSR count). The summed E-state index contributed by atoms with van der Waals surface area (Å²) in [6, 6.07) is 28.6. The van der Waals surface area contributed by atoms with Gasteiger partial charge in [0.25, 0.3) is 0 Å². The minimum atomic E-state index is -0.322. The zero-order valence-corrected chi connectivity index (χ0v) is 23.1. The topological polar surface area (TPSA) is 65.0 Å². The number of carbonyl (C=O) groups excluding carboxylic acids is 1. The number of benzene rings is 4. The summed E-state index contributed by atoms with van der Waals surface area (Å²) in [7, 11) is 1.55. The third-order valence-corrected chi connectivity index (χ3v) is 6.32. The third-order valence-electron chi connectivity index (χ3n) is 6.32. The van der Waals surface area contributed by atoms with Crippen molar-refractivity contribution in [1.82, 2.24) is 0 Å². The number of phenolic OH excluding ortho intramolecular Hbond substituents is 1. The molecule has 204 valence electrons. The number of aromatic hydroxyl groups is 1. The Morgan fingerprint density at radius 3 is 2.08 bits per heavy atom. The van der Waals surface area contributed by atoms with E-state index in [4.69, 9.17) is 14.2 Å². The summed E-state index contributed by atoms with van der Waals surface area (Å²) in [5.74, 6) is 1.39. The number of ketones is 1. The van der Waals surface area contributed by atoms with Gasteiger partial charge >= 0.3 is 0 Å². The molecule has 0 aliphatic rings. The zero-order valence-electron chi connectivity index (χ0n) is 23.1. The van der Waals surface area contributed by atoms with Crippen LogP contribution in [0.2, 0.25) is 0 Å². The minimum absolute atomic E-state index is 0.0725. The number of ether oxygens (including phenoxy) is 3. The maximum Gasteiger partial charge on any atom is 0.189 e. The molecule has 0 radical (unpaired) electrons. The second kappa shape index (κ2) is 13.9.